The average Bonchev–Trinajstić information content (AvgIpc) is 2.83. The monoisotopic (exact) mass is 465 g/mol. The summed E-state index contributed by atoms with van der Waals surface area (Å²) in [4.78, 5) is 4.49. The summed E-state index contributed by atoms with van der Waals surface area (Å²) in [5.41, 5.74) is 2.76. The number of phenolic OH excluding ortho intramolecular Hbond substituents is 1. The van der Waals surface area contributed by atoms with E-state index in [0.717, 1.165) is 53.2 Å². The Balaban J connectivity index is 0.00000306. The molecule has 3 aromatic carbocycles. The number of methoxy groups -OCH3 is 1. The van der Waals surface area contributed by atoms with Crippen LogP contribution in [-0.2, 0) is 6.54 Å². The molecule has 0 unspecified atom stereocenters. The summed E-state index contributed by atoms with van der Waals surface area (Å²) in [5.74, 6) is 2.25. The van der Waals surface area contributed by atoms with Crippen molar-refractivity contribution in [2.75, 3.05) is 25.5 Å². The fourth-order valence-electron chi connectivity index (χ4n) is 3.50. The van der Waals surface area contributed by atoms with Crippen LogP contribution in [0.2, 0.25) is 0 Å². The number of ether oxygens (including phenoxy) is 2. The van der Waals surface area contributed by atoms with Crippen molar-refractivity contribution in [3.05, 3.63) is 84.6 Å². The fraction of sp³-hybridized carbons (Fsp3) is 0.192. The summed E-state index contributed by atoms with van der Waals surface area (Å²) in [6, 6.07) is 23.2. The van der Waals surface area contributed by atoms with Crippen molar-refractivity contribution >= 4 is 29.0 Å². The van der Waals surface area contributed by atoms with Crippen LogP contribution in [0, 0.1) is 0 Å². The van der Waals surface area contributed by atoms with Crippen molar-refractivity contribution in [2.45, 2.75) is 13.0 Å². The van der Waals surface area contributed by atoms with Crippen molar-refractivity contribution in [3.63, 3.8) is 0 Å². The third kappa shape index (κ3) is 6.28. The standard InChI is InChI=1S/C26H27N3O3.ClH/c1-31-25-10-5-7-19(26(25)30)18-27-14-6-15-28-23-13-16-29-24-17-21(11-12-22(23)24)32-20-8-3-2-4-9-20;/h2-5,7-13,16-17,27,30H,6,14-15,18H2,1H3,(H,28,29);1H. The van der Waals surface area contributed by atoms with E-state index in [0.29, 0.717) is 12.3 Å². The van der Waals surface area contributed by atoms with Gasteiger partial charge in [-0.1, -0.05) is 30.3 Å². The van der Waals surface area contributed by atoms with Gasteiger partial charge in [0.1, 0.15) is 11.5 Å². The third-order valence-corrected chi connectivity index (χ3v) is 5.16. The van der Waals surface area contributed by atoms with Crippen LogP contribution < -0.4 is 20.1 Å². The lowest BCUT2D eigenvalue weighted by atomic mass is 10.1. The van der Waals surface area contributed by atoms with Gasteiger partial charge in [0.05, 0.1) is 12.6 Å². The van der Waals surface area contributed by atoms with Gasteiger partial charge in [-0.3, -0.25) is 4.98 Å². The van der Waals surface area contributed by atoms with E-state index in [1.165, 1.54) is 0 Å². The number of aromatic hydroxyl groups is 1. The first-order chi connectivity index (χ1) is 15.7. The van der Waals surface area contributed by atoms with Crippen molar-refractivity contribution in [1.82, 2.24) is 10.3 Å². The van der Waals surface area contributed by atoms with Crippen LogP contribution in [0.25, 0.3) is 10.9 Å². The minimum atomic E-state index is 0. The third-order valence-electron chi connectivity index (χ3n) is 5.16. The number of aromatic nitrogens is 1. The molecule has 0 amide bonds. The van der Waals surface area contributed by atoms with Crippen LogP contribution in [0.4, 0.5) is 5.69 Å². The molecule has 1 heterocycles. The molecule has 3 N–H and O–H groups in total. The summed E-state index contributed by atoms with van der Waals surface area (Å²) in [7, 11) is 1.55. The molecule has 0 bridgehead atoms. The topological polar surface area (TPSA) is 75.6 Å². The van der Waals surface area contributed by atoms with Crippen molar-refractivity contribution in [2.24, 2.45) is 0 Å². The second-order valence-corrected chi connectivity index (χ2v) is 7.38. The number of hydrogen-bond donors (Lipinski definition) is 3. The number of phenols is 1. The fourth-order valence-corrected chi connectivity index (χ4v) is 3.50. The summed E-state index contributed by atoms with van der Waals surface area (Å²) in [6.45, 7) is 2.23. The number of benzene rings is 3. The number of hydrogen-bond acceptors (Lipinski definition) is 6. The Hall–Kier alpha value is -3.48. The molecule has 0 spiro atoms. The van der Waals surface area contributed by atoms with E-state index < -0.39 is 0 Å². The largest absolute Gasteiger partial charge is 0.504 e. The van der Waals surface area contributed by atoms with Gasteiger partial charge in [0.2, 0.25) is 0 Å². The first kappa shape index (κ1) is 24.2. The van der Waals surface area contributed by atoms with Gasteiger partial charge in [0.25, 0.3) is 0 Å². The highest BCUT2D eigenvalue weighted by molar-refractivity contribution is 5.91. The highest BCUT2D eigenvalue weighted by Gasteiger charge is 2.07. The summed E-state index contributed by atoms with van der Waals surface area (Å²) < 4.78 is 11.1. The first-order valence-electron chi connectivity index (χ1n) is 10.7. The Labute approximate surface area is 200 Å². The Morgan fingerprint density at radius 3 is 2.58 bits per heavy atom. The predicted octanol–water partition coefficient (Wildman–Crippen LogP) is 5.75. The predicted molar refractivity (Wildman–Crippen MR) is 135 cm³/mol. The van der Waals surface area contributed by atoms with E-state index in [4.69, 9.17) is 9.47 Å². The van der Waals surface area contributed by atoms with E-state index in [9.17, 15) is 5.11 Å². The lowest BCUT2D eigenvalue weighted by molar-refractivity contribution is 0.369. The first-order valence-corrected chi connectivity index (χ1v) is 10.7. The number of rotatable bonds is 10. The maximum Gasteiger partial charge on any atom is 0.162 e. The Morgan fingerprint density at radius 1 is 0.909 bits per heavy atom. The highest BCUT2D eigenvalue weighted by Crippen LogP contribution is 2.29. The number of nitrogens with one attached hydrogen (secondary N) is 2. The van der Waals surface area contributed by atoms with Crippen molar-refractivity contribution < 1.29 is 14.6 Å². The SMILES string of the molecule is COc1cccc(CNCCCNc2ccnc3cc(Oc4ccccc4)ccc23)c1O.Cl. The summed E-state index contributed by atoms with van der Waals surface area (Å²) >= 11 is 0. The minimum absolute atomic E-state index is 0. The van der Waals surface area contributed by atoms with Gasteiger partial charge < -0.3 is 25.2 Å². The van der Waals surface area contributed by atoms with E-state index in [1.807, 2.05) is 66.7 Å². The summed E-state index contributed by atoms with van der Waals surface area (Å²) in [5, 5.41) is 18.1. The van der Waals surface area contributed by atoms with E-state index in [2.05, 4.69) is 15.6 Å². The number of pyridine rings is 1. The smallest absolute Gasteiger partial charge is 0.162 e. The molecular formula is C26H28ClN3O3. The van der Waals surface area contributed by atoms with Crippen LogP contribution in [0.5, 0.6) is 23.0 Å². The molecule has 0 aliphatic rings. The molecule has 7 heteroatoms. The molecule has 0 atom stereocenters. The molecule has 1 aromatic heterocycles. The lowest BCUT2D eigenvalue weighted by Crippen LogP contribution is -2.17. The molecule has 0 aliphatic heterocycles. The maximum atomic E-state index is 10.2. The molecule has 0 saturated heterocycles. The van der Waals surface area contributed by atoms with Gasteiger partial charge in [-0.2, -0.15) is 0 Å². The molecule has 6 nitrogen and oxygen atoms in total. The highest BCUT2D eigenvalue weighted by atomic mass is 35.5. The number of nitrogens with zero attached hydrogens (tertiary/aromatic N) is 1. The zero-order valence-electron chi connectivity index (χ0n) is 18.5. The quantitative estimate of drug-likeness (QED) is 0.259. The minimum Gasteiger partial charge on any atom is -0.504 e. The normalized spacial score (nSPS) is 10.5. The van der Waals surface area contributed by atoms with Crippen molar-refractivity contribution in [3.8, 4) is 23.0 Å². The molecule has 4 aromatic rings. The number of fused-ring (bicyclic) bond motifs is 1. The number of para-hydroxylation sites is 2. The maximum absolute atomic E-state index is 10.2. The van der Waals surface area contributed by atoms with E-state index >= 15 is 0 Å². The molecular weight excluding hydrogens is 438 g/mol. The second-order valence-electron chi connectivity index (χ2n) is 7.38. The van der Waals surface area contributed by atoms with Crippen LogP contribution in [0.1, 0.15) is 12.0 Å². The van der Waals surface area contributed by atoms with Gasteiger partial charge in [0, 0.05) is 42.0 Å². The summed E-state index contributed by atoms with van der Waals surface area (Å²) in [6.07, 6.45) is 2.74. The van der Waals surface area contributed by atoms with Gasteiger partial charge in [-0.05, 0) is 49.4 Å². The van der Waals surface area contributed by atoms with E-state index in [1.54, 1.807) is 19.4 Å². The molecule has 0 radical (unpaired) electrons. The Kier molecular flexibility index (Phi) is 8.75. The molecule has 172 valence electrons. The molecule has 4 rings (SSSR count). The van der Waals surface area contributed by atoms with Gasteiger partial charge in [-0.15, -0.1) is 12.4 Å². The molecule has 33 heavy (non-hydrogen) atoms. The van der Waals surface area contributed by atoms with Gasteiger partial charge >= 0.3 is 0 Å². The van der Waals surface area contributed by atoms with Crippen LogP contribution in [0.3, 0.4) is 0 Å². The van der Waals surface area contributed by atoms with Crippen LogP contribution >= 0.6 is 12.4 Å². The Morgan fingerprint density at radius 2 is 1.76 bits per heavy atom. The van der Waals surface area contributed by atoms with E-state index in [-0.39, 0.29) is 18.2 Å². The zero-order chi connectivity index (χ0) is 22.2. The van der Waals surface area contributed by atoms with Crippen LogP contribution in [0.15, 0.2) is 79.0 Å². The van der Waals surface area contributed by atoms with Crippen molar-refractivity contribution in [1.29, 1.82) is 0 Å². The second kappa shape index (κ2) is 11.9. The van der Waals surface area contributed by atoms with Crippen LogP contribution in [-0.4, -0.2) is 30.3 Å². The number of anilines is 1. The molecule has 0 fully saturated rings. The Bertz CT molecular complexity index is 1170. The average molecular weight is 466 g/mol. The van der Waals surface area contributed by atoms with Gasteiger partial charge in [0.15, 0.2) is 11.5 Å². The number of halogens is 1. The van der Waals surface area contributed by atoms with Gasteiger partial charge in [-0.25, -0.2) is 0 Å². The molecule has 0 aliphatic carbocycles. The molecule has 0 saturated carbocycles. The zero-order valence-corrected chi connectivity index (χ0v) is 19.3. The lowest BCUT2D eigenvalue weighted by Gasteiger charge is -2.12.